The highest BCUT2D eigenvalue weighted by molar-refractivity contribution is 5.95. The van der Waals surface area contributed by atoms with Crippen LogP contribution in [0.4, 0.5) is 5.69 Å². The largest absolute Gasteiger partial charge is 0.490 e. The number of nitrogens with one attached hydrogen (secondary N) is 1. The predicted octanol–water partition coefficient (Wildman–Crippen LogP) is 2.89. The Balaban J connectivity index is 1.56. The number of rotatable bonds is 9. The van der Waals surface area contributed by atoms with Crippen LogP contribution in [0, 0.1) is 0 Å². The zero-order chi connectivity index (χ0) is 22.2. The van der Waals surface area contributed by atoms with Crippen LogP contribution in [-0.2, 0) is 16.0 Å². The van der Waals surface area contributed by atoms with E-state index in [0.717, 1.165) is 5.56 Å². The summed E-state index contributed by atoms with van der Waals surface area (Å²) >= 11 is 0. The fraction of sp³-hybridized carbons (Fsp3) is 0.391. The van der Waals surface area contributed by atoms with E-state index in [1.165, 1.54) is 4.90 Å². The highest BCUT2D eigenvalue weighted by Gasteiger charge is 2.17. The smallest absolute Gasteiger partial charge is 0.243 e. The van der Waals surface area contributed by atoms with Crippen molar-refractivity contribution >= 4 is 17.5 Å². The lowest BCUT2D eigenvalue weighted by Gasteiger charge is -2.20. The van der Waals surface area contributed by atoms with Crippen molar-refractivity contribution in [3.8, 4) is 23.0 Å². The summed E-state index contributed by atoms with van der Waals surface area (Å²) in [4.78, 5) is 26.4. The molecule has 2 amide bonds. The minimum Gasteiger partial charge on any atom is -0.490 e. The van der Waals surface area contributed by atoms with Crippen LogP contribution in [-0.4, -0.2) is 56.7 Å². The molecular formula is C23H28N2O6. The van der Waals surface area contributed by atoms with E-state index in [2.05, 4.69) is 5.32 Å². The lowest BCUT2D eigenvalue weighted by Crippen LogP contribution is -2.35. The first kappa shape index (κ1) is 22.3. The van der Waals surface area contributed by atoms with Crippen molar-refractivity contribution in [2.75, 3.05) is 45.3 Å². The lowest BCUT2D eigenvalue weighted by atomic mass is 10.1. The minimum absolute atomic E-state index is 0.0689. The van der Waals surface area contributed by atoms with Crippen molar-refractivity contribution in [1.82, 2.24) is 4.90 Å². The van der Waals surface area contributed by atoms with Crippen molar-refractivity contribution < 1.29 is 28.5 Å². The van der Waals surface area contributed by atoms with Crippen LogP contribution in [0.2, 0.25) is 0 Å². The number of anilines is 1. The highest BCUT2D eigenvalue weighted by Crippen LogP contribution is 2.31. The molecule has 1 N–H and O–H groups in total. The van der Waals surface area contributed by atoms with Gasteiger partial charge < -0.3 is 29.2 Å². The number of likely N-dealkylation sites (N-methyl/N-ethyl adjacent to an activating group) is 1. The standard InChI is InChI=1S/C23H28N2O6/c1-4-28-18-9-7-17(14-21(18)29-5-2)24-22(26)15-25(3)23(27)13-16-6-8-19-20(12-16)31-11-10-30-19/h6-9,12,14H,4-5,10-11,13,15H2,1-3H3,(H,24,26). The van der Waals surface area contributed by atoms with Crippen molar-refractivity contribution in [3.05, 3.63) is 42.0 Å². The molecule has 0 radical (unpaired) electrons. The third-order valence-corrected chi connectivity index (χ3v) is 4.60. The van der Waals surface area contributed by atoms with Crippen molar-refractivity contribution in [2.24, 2.45) is 0 Å². The van der Waals surface area contributed by atoms with E-state index >= 15 is 0 Å². The molecule has 166 valence electrons. The van der Waals surface area contributed by atoms with Gasteiger partial charge in [-0.3, -0.25) is 9.59 Å². The van der Waals surface area contributed by atoms with Gasteiger partial charge in [0, 0.05) is 18.8 Å². The minimum atomic E-state index is -0.301. The molecule has 0 atom stereocenters. The Bertz CT molecular complexity index is 930. The predicted molar refractivity (Wildman–Crippen MR) is 116 cm³/mol. The molecule has 8 nitrogen and oxygen atoms in total. The summed E-state index contributed by atoms with van der Waals surface area (Å²) in [5.41, 5.74) is 1.37. The Morgan fingerprint density at radius 2 is 1.68 bits per heavy atom. The number of nitrogens with zero attached hydrogens (tertiary/aromatic N) is 1. The summed E-state index contributed by atoms with van der Waals surface area (Å²) in [5.74, 6) is 2.02. The molecular weight excluding hydrogens is 400 g/mol. The van der Waals surface area contributed by atoms with E-state index in [1.54, 1.807) is 37.4 Å². The van der Waals surface area contributed by atoms with E-state index < -0.39 is 0 Å². The molecule has 1 aliphatic heterocycles. The number of carbonyl (C=O) groups is 2. The number of hydrogen-bond donors (Lipinski definition) is 1. The zero-order valence-corrected chi connectivity index (χ0v) is 18.1. The van der Waals surface area contributed by atoms with Gasteiger partial charge in [-0.15, -0.1) is 0 Å². The van der Waals surface area contributed by atoms with Crippen LogP contribution in [0.3, 0.4) is 0 Å². The Kier molecular flexibility index (Phi) is 7.59. The number of benzene rings is 2. The molecule has 0 fully saturated rings. The van der Waals surface area contributed by atoms with Gasteiger partial charge in [0.2, 0.25) is 11.8 Å². The number of fused-ring (bicyclic) bond motifs is 1. The second-order valence-electron chi connectivity index (χ2n) is 6.98. The topological polar surface area (TPSA) is 86.3 Å². The molecule has 8 heteroatoms. The van der Waals surface area contributed by atoms with Gasteiger partial charge in [-0.2, -0.15) is 0 Å². The molecule has 0 spiro atoms. The second-order valence-corrected chi connectivity index (χ2v) is 6.98. The van der Waals surface area contributed by atoms with Crippen LogP contribution in [0.25, 0.3) is 0 Å². The molecule has 0 unspecified atom stereocenters. The van der Waals surface area contributed by atoms with Crippen LogP contribution in [0.5, 0.6) is 23.0 Å². The molecule has 2 aromatic rings. The molecule has 0 bridgehead atoms. The molecule has 0 aromatic heterocycles. The van der Waals surface area contributed by atoms with Gasteiger partial charge in [0.1, 0.15) is 13.2 Å². The van der Waals surface area contributed by atoms with Crippen LogP contribution >= 0.6 is 0 Å². The third-order valence-electron chi connectivity index (χ3n) is 4.60. The average molecular weight is 428 g/mol. The van der Waals surface area contributed by atoms with E-state index in [0.29, 0.717) is 55.1 Å². The van der Waals surface area contributed by atoms with Gasteiger partial charge in [0.15, 0.2) is 23.0 Å². The fourth-order valence-electron chi connectivity index (χ4n) is 3.14. The summed E-state index contributed by atoms with van der Waals surface area (Å²) in [6, 6.07) is 10.6. The van der Waals surface area contributed by atoms with E-state index in [4.69, 9.17) is 18.9 Å². The molecule has 1 aliphatic rings. The average Bonchev–Trinajstić information content (AvgIpc) is 2.75. The number of carbonyl (C=O) groups excluding carboxylic acids is 2. The normalized spacial score (nSPS) is 12.1. The van der Waals surface area contributed by atoms with Gasteiger partial charge in [-0.05, 0) is 43.7 Å². The van der Waals surface area contributed by atoms with Crippen molar-refractivity contribution in [1.29, 1.82) is 0 Å². The Morgan fingerprint density at radius 1 is 0.968 bits per heavy atom. The number of hydrogen-bond acceptors (Lipinski definition) is 6. The van der Waals surface area contributed by atoms with Gasteiger partial charge in [0.25, 0.3) is 0 Å². The molecule has 1 heterocycles. The van der Waals surface area contributed by atoms with Crippen LogP contribution < -0.4 is 24.3 Å². The monoisotopic (exact) mass is 428 g/mol. The molecule has 3 rings (SSSR count). The fourth-order valence-corrected chi connectivity index (χ4v) is 3.14. The van der Waals surface area contributed by atoms with Gasteiger partial charge in [-0.25, -0.2) is 0 Å². The number of amides is 2. The zero-order valence-electron chi connectivity index (χ0n) is 18.1. The Morgan fingerprint density at radius 3 is 2.42 bits per heavy atom. The van der Waals surface area contributed by atoms with Crippen LogP contribution in [0.1, 0.15) is 19.4 Å². The molecule has 0 saturated carbocycles. The van der Waals surface area contributed by atoms with Crippen LogP contribution in [0.15, 0.2) is 36.4 Å². The first-order valence-electron chi connectivity index (χ1n) is 10.3. The van der Waals surface area contributed by atoms with E-state index in [9.17, 15) is 9.59 Å². The first-order valence-corrected chi connectivity index (χ1v) is 10.3. The summed E-state index contributed by atoms with van der Waals surface area (Å²) in [6.45, 7) is 5.70. The maximum atomic E-state index is 12.6. The van der Waals surface area contributed by atoms with E-state index in [-0.39, 0.29) is 24.8 Å². The summed E-state index contributed by atoms with van der Waals surface area (Å²) in [5, 5.41) is 2.80. The van der Waals surface area contributed by atoms with Gasteiger partial charge >= 0.3 is 0 Å². The molecule has 31 heavy (non-hydrogen) atoms. The summed E-state index contributed by atoms with van der Waals surface area (Å²) in [6.07, 6.45) is 0.165. The molecule has 0 aliphatic carbocycles. The maximum absolute atomic E-state index is 12.6. The summed E-state index contributed by atoms with van der Waals surface area (Å²) in [7, 11) is 1.60. The van der Waals surface area contributed by atoms with Crippen molar-refractivity contribution in [2.45, 2.75) is 20.3 Å². The Labute approximate surface area is 182 Å². The number of ether oxygens (including phenoxy) is 4. The SMILES string of the molecule is CCOc1ccc(NC(=O)CN(C)C(=O)Cc2ccc3c(c2)OCCO3)cc1OCC. The molecule has 2 aromatic carbocycles. The third kappa shape index (κ3) is 6.04. The van der Waals surface area contributed by atoms with Gasteiger partial charge in [0.05, 0.1) is 26.2 Å². The molecule has 0 saturated heterocycles. The van der Waals surface area contributed by atoms with E-state index in [1.807, 2.05) is 19.9 Å². The van der Waals surface area contributed by atoms with Crippen molar-refractivity contribution in [3.63, 3.8) is 0 Å². The summed E-state index contributed by atoms with van der Waals surface area (Å²) < 4.78 is 22.2. The quantitative estimate of drug-likeness (QED) is 0.661. The lowest BCUT2D eigenvalue weighted by molar-refractivity contribution is -0.132. The first-order chi connectivity index (χ1) is 15.0. The van der Waals surface area contributed by atoms with Gasteiger partial charge in [-0.1, -0.05) is 6.07 Å². The highest BCUT2D eigenvalue weighted by atomic mass is 16.6. The Hall–Kier alpha value is -3.42. The second kappa shape index (κ2) is 10.6. The maximum Gasteiger partial charge on any atom is 0.243 e.